The lowest BCUT2D eigenvalue weighted by atomic mass is 10.1. The van der Waals surface area contributed by atoms with Gasteiger partial charge in [-0.25, -0.2) is 0 Å². The van der Waals surface area contributed by atoms with E-state index < -0.39 is 0 Å². The second-order valence-electron chi connectivity index (χ2n) is 4.50. The van der Waals surface area contributed by atoms with E-state index in [0.29, 0.717) is 24.4 Å². The van der Waals surface area contributed by atoms with Crippen molar-refractivity contribution in [1.82, 2.24) is 5.32 Å². The summed E-state index contributed by atoms with van der Waals surface area (Å²) in [4.78, 5) is 11.8. The fraction of sp³-hybridized carbons (Fsp3) is 0.462. The number of hydrogen-bond acceptors (Lipinski definition) is 3. The van der Waals surface area contributed by atoms with Crippen LogP contribution in [0.2, 0.25) is 0 Å². The SMILES string of the molecule is CCOC(C)(C)CNC(=O)c1cccc(N)c1. The van der Waals surface area contributed by atoms with Crippen molar-refractivity contribution < 1.29 is 9.53 Å². The van der Waals surface area contributed by atoms with Crippen LogP contribution in [0.3, 0.4) is 0 Å². The Hall–Kier alpha value is -1.55. The molecule has 1 aromatic carbocycles. The first kappa shape index (κ1) is 13.5. The molecule has 1 aromatic rings. The van der Waals surface area contributed by atoms with Crippen molar-refractivity contribution in [2.45, 2.75) is 26.4 Å². The molecule has 4 heteroatoms. The summed E-state index contributed by atoms with van der Waals surface area (Å²) in [5, 5.41) is 2.83. The molecule has 1 amide bonds. The zero-order valence-electron chi connectivity index (χ0n) is 10.6. The van der Waals surface area contributed by atoms with Crippen LogP contribution < -0.4 is 11.1 Å². The molecule has 0 fully saturated rings. The predicted octanol–water partition coefficient (Wildman–Crippen LogP) is 1.81. The zero-order valence-corrected chi connectivity index (χ0v) is 10.6. The van der Waals surface area contributed by atoms with Crippen LogP contribution in [0.4, 0.5) is 5.69 Å². The molecule has 4 nitrogen and oxygen atoms in total. The number of hydrogen-bond donors (Lipinski definition) is 2. The van der Waals surface area contributed by atoms with Crippen molar-refractivity contribution in [1.29, 1.82) is 0 Å². The minimum Gasteiger partial charge on any atom is -0.399 e. The summed E-state index contributed by atoms with van der Waals surface area (Å²) in [6.45, 7) is 6.91. The van der Waals surface area contributed by atoms with E-state index in [1.807, 2.05) is 20.8 Å². The Bertz CT molecular complexity index is 389. The maximum Gasteiger partial charge on any atom is 0.251 e. The summed E-state index contributed by atoms with van der Waals surface area (Å²) in [6.07, 6.45) is 0. The standard InChI is InChI=1S/C13H20N2O2/c1-4-17-13(2,3)9-15-12(16)10-6-5-7-11(14)8-10/h5-8H,4,9,14H2,1-3H3,(H,15,16). The fourth-order valence-corrected chi connectivity index (χ4v) is 1.52. The van der Waals surface area contributed by atoms with Gasteiger partial charge in [-0.05, 0) is 39.0 Å². The van der Waals surface area contributed by atoms with Gasteiger partial charge in [0.1, 0.15) is 0 Å². The van der Waals surface area contributed by atoms with Crippen molar-refractivity contribution in [3.05, 3.63) is 29.8 Å². The number of nitrogen functional groups attached to an aromatic ring is 1. The summed E-state index contributed by atoms with van der Waals surface area (Å²) >= 11 is 0. The molecule has 0 aromatic heterocycles. The van der Waals surface area contributed by atoms with Crippen LogP contribution in [0.25, 0.3) is 0 Å². The van der Waals surface area contributed by atoms with Gasteiger partial charge in [0.15, 0.2) is 0 Å². The Morgan fingerprint density at radius 1 is 1.47 bits per heavy atom. The van der Waals surface area contributed by atoms with Gasteiger partial charge in [-0.15, -0.1) is 0 Å². The Balaban J connectivity index is 2.56. The van der Waals surface area contributed by atoms with Crippen molar-refractivity contribution in [2.24, 2.45) is 0 Å². The van der Waals surface area contributed by atoms with Gasteiger partial charge in [0.25, 0.3) is 5.91 Å². The van der Waals surface area contributed by atoms with Gasteiger partial charge < -0.3 is 15.8 Å². The molecule has 0 aliphatic heterocycles. The molecule has 94 valence electrons. The molecular weight excluding hydrogens is 216 g/mol. The van der Waals surface area contributed by atoms with Gasteiger partial charge >= 0.3 is 0 Å². The average Bonchev–Trinajstić information content (AvgIpc) is 2.26. The van der Waals surface area contributed by atoms with Gasteiger partial charge in [0.05, 0.1) is 5.60 Å². The molecule has 0 saturated carbocycles. The zero-order chi connectivity index (χ0) is 12.9. The van der Waals surface area contributed by atoms with E-state index in [1.54, 1.807) is 24.3 Å². The molecule has 0 bridgehead atoms. The molecule has 0 aliphatic carbocycles. The van der Waals surface area contributed by atoms with Crippen LogP contribution in [0.15, 0.2) is 24.3 Å². The lowest BCUT2D eigenvalue weighted by molar-refractivity contribution is -0.00815. The van der Waals surface area contributed by atoms with E-state index in [-0.39, 0.29) is 11.5 Å². The van der Waals surface area contributed by atoms with Crippen LogP contribution in [0, 0.1) is 0 Å². The van der Waals surface area contributed by atoms with Crippen molar-refractivity contribution in [3.8, 4) is 0 Å². The molecule has 0 unspecified atom stereocenters. The number of carbonyl (C=O) groups is 1. The Morgan fingerprint density at radius 3 is 2.76 bits per heavy atom. The van der Waals surface area contributed by atoms with Crippen LogP contribution >= 0.6 is 0 Å². The molecule has 3 N–H and O–H groups in total. The second-order valence-corrected chi connectivity index (χ2v) is 4.50. The van der Waals surface area contributed by atoms with E-state index in [4.69, 9.17) is 10.5 Å². The van der Waals surface area contributed by atoms with Crippen LogP contribution in [-0.4, -0.2) is 24.7 Å². The first-order chi connectivity index (χ1) is 7.94. The van der Waals surface area contributed by atoms with E-state index in [2.05, 4.69) is 5.32 Å². The number of ether oxygens (including phenoxy) is 1. The summed E-state index contributed by atoms with van der Waals surface area (Å²) in [7, 11) is 0. The van der Waals surface area contributed by atoms with E-state index in [9.17, 15) is 4.79 Å². The lowest BCUT2D eigenvalue weighted by Crippen LogP contribution is -2.40. The van der Waals surface area contributed by atoms with Crippen LogP contribution in [-0.2, 0) is 4.74 Å². The predicted molar refractivity (Wildman–Crippen MR) is 68.9 cm³/mol. The third-order valence-corrected chi connectivity index (χ3v) is 2.36. The van der Waals surface area contributed by atoms with Gasteiger partial charge in [0.2, 0.25) is 0 Å². The number of nitrogens with one attached hydrogen (secondary N) is 1. The van der Waals surface area contributed by atoms with Crippen LogP contribution in [0.5, 0.6) is 0 Å². The third kappa shape index (κ3) is 4.44. The first-order valence-electron chi connectivity index (χ1n) is 5.72. The quantitative estimate of drug-likeness (QED) is 0.766. The van der Waals surface area contributed by atoms with Gasteiger partial charge in [0, 0.05) is 24.4 Å². The summed E-state index contributed by atoms with van der Waals surface area (Å²) < 4.78 is 5.50. The minimum absolute atomic E-state index is 0.134. The maximum atomic E-state index is 11.8. The smallest absolute Gasteiger partial charge is 0.251 e. The molecule has 0 radical (unpaired) electrons. The molecule has 0 heterocycles. The Labute approximate surface area is 102 Å². The number of anilines is 1. The Morgan fingerprint density at radius 2 is 2.18 bits per heavy atom. The summed E-state index contributed by atoms with van der Waals surface area (Å²) in [5.41, 5.74) is 6.42. The van der Waals surface area contributed by atoms with Crippen LogP contribution in [0.1, 0.15) is 31.1 Å². The van der Waals surface area contributed by atoms with Gasteiger partial charge in [-0.1, -0.05) is 6.07 Å². The molecule has 0 saturated heterocycles. The van der Waals surface area contributed by atoms with E-state index in [1.165, 1.54) is 0 Å². The van der Waals surface area contributed by atoms with Crippen molar-refractivity contribution >= 4 is 11.6 Å². The second kappa shape index (κ2) is 5.68. The highest BCUT2D eigenvalue weighted by molar-refractivity contribution is 5.95. The minimum atomic E-state index is -0.356. The Kier molecular flexibility index (Phi) is 4.52. The fourth-order valence-electron chi connectivity index (χ4n) is 1.52. The highest BCUT2D eigenvalue weighted by Gasteiger charge is 2.18. The highest BCUT2D eigenvalue weighted by atomic mass is 16.5. The molecule has 1 rings (SSSR count). The topological polar surface area (TPSA) is 64.3 Å². The average molecular weight is 236 g/mol. The van der Waals surface area contributed by atoms with E-state index >= 15 is 0 Å². The van der Waals surface area contributed by atoms with Gasteiger partial charge in [-0.3, -0.25) is 4.79 Å². The number of benzene rings is 1. The highest BCUT2D eigenvalue weighted by Crippen LogP contribution is 2.09. The van der Waals surface area contributed by atoms with Crippen molar-refractivity contribution in [2.75, 3.05) is 18.9 Å². The third-order valence-electron chi connectivity index (χ3n) is 2.36. The molecule has 0 atom stereocenters. The summed E-state index contributed by atoms with van der Waals surface area (Å²) in [5.74, 6) is -0.134. The largest absolute Gasteiger partial charge is 0.399 e. The number of nitrogens with two attached hydrogens (primary N) is 1. The summed E-state index contributed by atoms with van der Waals surface area (Å²) in [6, 6.07) is 6.90. The lowest BCUT2D eigenvalue weighted by Gasteiger charge is -2.24. The number of carbonyl (C=O) groups excluding carboxylic acids is 1. The van der Waals surface area contributed by atoms with Gasteiger partial charge in [-0.2, -0.15) is 0 Å². The molecule has 0 aliphatic rings. The number of amides is 1. The maximum absolute atomic E-state index is 11.8. The molecular formula is C13H20N2O2. The van der Waals surface area contributed by atoms with E-state index in [0.717, 1.165) is 0 Å². The molecule has 0 spiro atoms. The normalized spacial score (nSPS) is 11.2. The van der Waals surface area contributed by atoms with Crippen molar-refractivity contribution in [3.63, 3.8) is 0 Å². The molecule has 17 heavy (non-hydrogen) atoms. The monoisotopic (exact) mass is 236 g/mol. The number of rotatable bonds is 5. The first-order valence-corrected chi connectivity index (χ1v) is 5.72.